The van der Waals surface area contributed by atoms with Gasteiger partial charge in [-0.1, -0.05) is 24.3 Å². The molecular weight excluding hydrogens is 228 g/mol. The van der Waals surface area contributed by atoms with Crippen molar-refractivity contribution in [1.82, 2.24) is 0 Å². The highest BCUT2D eigenvalue weighted by Gasteiger charge is 2.30. The first-order valence-electron chi connectivity index (χ1n) is 4.54. The molecule has 2 atom stereocenters. The molecule has 0 fully saturated rings. The number of benzene rings is 1. The van der Waals surface area contributed by atoms with Gasteiger partial charge in [-0.2, -0.15) is 0 Å². The van der Waals surface area contributed by atoms with Crippen LogP contribution in [0.25, 0.3) is 0 Å². The van der Waals surface area contributed by atoms with Gasteiger partial charge in [0.25, 0.3) is 0 Å². The molecule has 1 N–H and O–H groups in total. The second kappa shape index (κ2) is 4.77. The SMILES string of the molecule is O=C(O)C1SC=CC1Sc1ccccc1. The smallest absolute Gasteiger partial charge is 0.318 e. The maximum absolute atomic E-state index is 10.9. The first-order chi connectivity index (χ1) is 7.27. The molecule has 1 aromatic rings. The fourth-order valence-corrected chi connectivity index (χ4v) is 3.62. The zero-order valence-corrected chi connectivity index (χ0v) is 9.50. The second-order valence-electron chi connectivity index (χ2n) is 3.12. The van der Waals surface area contributed by atoms with Crippen LogP contribution in [0.3, 0.4) is 0 Å². The Kier molecular flexibility index (Phi) is 3.38. The van der Waals surface area contributed by atoms with Crippen molar-refractivity contribution < 1.29 is 9.90 Å². The third-order valence-electron chi connectivity index (χ3n) is 2.05. The third kappa shape index (κ3) is 2.58. The van der Waals surface area contributed by atoms with Crippen LogP contribution in [0, 0.1) is 0 Å². The van der Waals surface area contributed by atoms with Gasteiger partial charge in [-0.05, 0) is 17.5 Å². The number of hydrogen-bond acceptors (Lipinski definition) is 3. The van der Waals surface area contributed by atoms with Gasteiger partial charge in [0.05, 0.1) is 5.25 Å². The Balaban J connectivity index is 2.06. The summed E-state index contributed by atoms with van der Waals surface area (Å²) in [7, 11) is 0. The van der Waals surface area contributed by atoms with Crippen LogP contribution in [-0.2, 0) is 4.79 Å². The molecule has 78 valence electrons. The van der Waals surface area contributed by atoms with E-state index in [1.165, 1.54) is 11.8 Å². The standard InChI is InChI=1S/C11H10O2S2/c12-11(13)10-9(6-7-14-10)15-8-4-2-1-3-5-8/h1-7,9-10H,(H,12,13). The van der Waals surface area contributed by atoms with Crippen LogP contribution in [0.2, 0.25) is 0 Å². The zero-order chi connectivity index (χ0) is 10.7. The molecule has 4 heteroatoms. The Morgan fingerprint density at radius 1 is 1.33 bits per heavy atom. The first-order valence-corrected chi connectivity index (χ1v) is 6.36. The topological polar surface area (TPSA) is 37.3 Å². The predicted molar refractivity (Wildman–Crippen MR) is 64.2 cm³/mol. The molecule has 1 aliphatic rings. The molecule has 0 aromatic heterocycles. The maximum Gasteiger partial charge on any atom is 0.318 e. The van der Waals surface area contributed by atoms with E-state index >= 15 is 0 Å². The van der Waals surface area contributed by atoms with E-state index < -0.39 is 5.97 Å². The van der Waals surface area contributed by atoms with Crippen LogP contribution in [0.5, 0.6) is 0 Å². The predicted octanol–water partition coefficient (Wildman–Crippen LogP) is 2.86. The summed E-state index contributed by atoms with van der Waals surface area (Å²) in [5.41, 5.74) is 0. The summed E-state index contributed by atoms with van der Waals surface area (Å²) in [4.78, 5) is 12.0. The Hall–Kier alpha value is -0.870. The van der Waals surface area contributed by atoms with Gasteiger partial charge < -0.3 is 5.11 Å². The highest BCUT2D eigenvalue weighted by molar-refractivity contribution is 8.06. The van der Waals surface area contributed by atoms with Gasteiger partial charge in [0.2, 0.25) is 0 Å². The second-order valence-corrected chi connectivity index (χ2v) is 5.42. The lowest BCUT2D eigenvalue weighted by Gasteiger charge is -2.13. The molecular formula is C11H10O2S2. The van der Waals surface area contributed by atoms with Crippen molar-refractivity contribution in [3.8, 4) is 0 Å². The van der Waals surface area contributed by atoms with E-state index in [-0.39, 0.29) is 10.5 Å². The van der Waals surface area contributed by atoms with E-state index in [0.29, 0.717) is 0 Å². The lowest BCUT2D eigenvalue weighted by molar-refractivity contribution is -0.136. The molecule has 2 nitrogen and oxygen atoms in total. The molecule has 0 saturated heterocycles. The zero-order valence-electron chi connectivity index (χ0n) is 7.87. The Bertz CT molecular complexity index is 375. The Morgan fingerprint density at radius 3 is 2.73 bits per heavy atom. The summed E-state index contributed by atoms with van der Waals surface area (Å²) in [5, 5.41) is 10.5. The van der Waals surface area contributed by atoms with Crippen molar-refractivity contribution in [1.29, 1.82) is 0 Å². The molecule has 0 aliphatic carbocycles. The summed E-state index contributed by atoms with van der Waals surface area (Å²) in [6.07, 6.45) is 1.96. The van der Waals surface area contributed by atoms with Gasteiger partial charge in [0.1, 0.15) is 5.25 Å². The number of carboxylic acid groups (broad SMARTS) is 1. The minimum atomic E-state index is -0.738. The molecule has 0 saturated carbocycles. The van der Waals surface area contributed by atoms with Crippen LogP contribution < -0.4 is 0 Å². The highest BCUT2D eigenvalue weighted by Crippen LogP contribution is 2.36. The molecule has 0 bridgehead atoms. The number of carboxylic acids is 1. The number of carbonyl (C=O) groups is 1. The molecule has 1 aliphatic heterocycles. The summed E-state index contributed by atoms with van der Waals surface area (Å²) < 4.78 is 0. The monoisotopic (exact) mass is 238 g/mol. The average Bonchev–Trinajstić information content (AvgIpc) is 2.67. The molecule has 2 rings (SSSR count). The van der Waals surface area contributed by atoms with Crippen molar-refractivity contribution in [2.75, 3.05) is 0 Å². The maximum atomic E-state index is 10.9. The van der Waals surface area contributed by atoms with Gasteiger partial charge in [-0.15, -0.1) is 23.5 Å². The van der Waals surface area contributed by atoms with E-state index in [9.17, 15) is 4.79 Å². The summed E-state index contributed by atoms with van der Waals surface area (Å²) >= 11 is 2.98. The average molecular weight is 238 g/mol. The summed E-state index contributed by atoms with van der Waals surface area (Å²) in [6.45, 7) is 0. The quantitative estimate of drug-likeness (QED) is 0.878. The lowest BCUT2D eigenvalue weighted by atomic mass is 10.3. The number of thioether (sulfide) groups is 2. The summed E-state index contributed by atoms with van der Waals surface area (Å²) in [6, 6.07) is 9.88. The van der Waals surface area contributed by atoms with Gasteiger partial charge in [0, 0.05) is 4.90 Å². The van der Waals surface area contributed by atoms with Crippen LogP contribution in [0.15, 0.2) is 46.7 Å². The van der Waals surface area contributed by atoms with E-state index in [2.05, 4.69) is 0 Å². The fraction of sp³-hybridized carbons (Fsp3) is 0.182. The molecule has 1 aromatic carbocycles. The molecule has 0 amide bonds. The molecule has 2 unspecified atom stereocenters. The van der Waals surface area contributed by atoms with E-state index in [4.69, 9.17) is 5.11 Å². The Morgan fingerprint density at radius 2 is 2.07 bits per heavy atom. The fourth-order valence-electron chi connectivity index (χ4n) is 1.34. The van der Waals surface area contributed by atoms with Crippen molar-refractivity contribution in [3.05, 3.63) is 41.8 Å². The van der Waals surface area contributed by atoms with Gasteiger partial charge >= 0.3 is 5.97 Å². The van der Waals surface area contributed by atoms with Crippen LogP contribution in [0.1, 0.15) is 0 Å². The largest absolute Gasteiger partial charge is 0.480 e. The van der Waals surface area contributed by atoms with Crippen molar-refractivity contribution in [3.63, 3.8) is 0 Å². The van der Waals surface area contributed by atoms with Crippen molar-refractivity contribution >= 4 is 29.5 Å². The highest BCUT2D eigenvalue weighted by atomic mass is 32.2. The van der Waals surface area contributed by atoms with Gasteiger partial charge in [-0.3, -0.25) is 4.79 Å². The van der Waals surface area contributed by atoms with Gasteiger partial charge in [-0.25, -0.2) is 0 Å². The first kappa shape index (κ1) is 10.6. The minimum Gasteiger partial charge on any atom is -0.480 e. The number of hydrogen-bond donors (Lipinski definition) is 1. The van der Waals surface area contributed by atoms with E-state index in [0.717, 1.165) is 4.90 Å². The number of rotatable bonds is 3. The molecule has 15 heavy (non-hydrogen) atoms. The van der Waals surface area contributed by atoms with E-state index in [1.54, 1.807) is 11.8 Å². The van der Waals surface area contributed by atoms with Crippen molar-refractivity contribution in [2.24, 2.45) is 0 Å². The summed E-state index contributed by atoms with van der Waals surface area (Å²) in [5.74, 6) is -0.738. The van der Waals surface area contributed by atoms with Crippen LogP contribution >= 0.6 is 23.5 Å². The molecule has 0 radical (unpaired) electrons. The third-order valence-corrected chi connectivity index (χ3v) is 4.57. The lowest BCUT2D eigenvalue weighted by Crippen LogP contribution is -2.23. The Labute approximate surface area is 96.8 Å². The normalized spacial score (nSPS) is 24.3. The van der Waals surface area contributed by atoms with Crippen molar-refractivity contribution in [2.45, 2.75) is 15.4 Å². The number of aliphatic carboxylic acids is 1. The minimum absolute atomic E-state index is 0.0369. The van der Waals surface area contributed by atoms with Crippen LogP contribution in [-0.4, -0.2) is 21.6 Å². The van der Waals surface area contributed by atoms with Gasteiger partial charge in [0.15, 0.2) is 0 Å². The van der Waals surface area contributed by atoms with E-state index in [1.807, 2.05) is 41.8 Å². The van der Waals surface area contributed by atoms with Crippen LogP contribution in [0.4, 0.5) is 0 Å². The molecule has 0 spiro atoms. The molecule has 1 heterocycles.